The van der Waals surface area contributed by atoms with Gasteiger partial charge >= 0.3 is 0 Å². The second-order valence-electron chi connectivity index (χ2n) is 7.31. The molecule has 2 aromatic carbocycles. The summed E-state index contributed by atoms with van der Waals surface area (Å²) in [7, 11) is 1.31. The van der Waals surface area contributed by atoms with E-state index < -0.39 is 29.3 Å². The number of ketones is 1. The number of aliphatic hydroxyl groups is 1. The molecule has 0 saturated carbocycles. The van der Waals surface area contributed by atoms with Crippen LogP contribution in [0, 0.1) is 5.82 Å². The summed E-state index contributed by atoms with van der Waals surface area (Å²) < 4.78 is 19.2. The molecule has 1 saturated heterocycles. The Morgan fingerprint density at radius 3 is 2.58 bits per heavy atom. The van der Waals surface area contributed by atoms with Crippen LogP contribution in [0.3, 0.4) is 0 Å². The molecule has 1 atom stereocenters. The van der Waals surface area contributed by atoms with Crippen LogP contribution in [0.5, 0.6) is 5.75 Å². The van der Waals surface area contributed by atoms with E-state index in [9.17, 15) is 19.1 Å². The van der Waals surface area contributed by atoms with Gasteiger partial charge in [-0.1, -0.05) is 35.3 Å². The van der Waals surface area contributed by atoms with Crippen LogP contribution in [0.2, 0.25) is 10.0 Å². The lowest BCUT2D eigenvalue weighted by atomic mass is 9.95. The Kier molecular flexibility index (Phi) is 6.35. The van der Waals surface area contributed by atoms with Gasteiger partial charge in [0, 0.05) is 24.5 Å². The fourth-order valence-corrected chi connectivity index (χ4v) is 4.04. The van der Waals surface area contributed by atoms with Gasteiger partial charge in [0.2, 0.25) is 0 Å². The van der Waals surface area contributed by atoms with E-state index in [1.54, 1.807) is 30.6 Å². The van der Waals surface area contributed by atoms with Gasteiger partial charge in [-0.05, 0) is 47.5 Å². The Hall–Kier alpha value is -3.42. The van der Waals surface area contributed by atoms with Gasteiger partial charge < -0.3 is 14.7 Å². The van der Waals surface area contributed by atoms with Gasteiger partial charge in [-0.25, -0.2) is 4.39 Å². The maximum Gasteiger partial charge on any atom is 0.295 e. The predicted octanol–water partition coefficient (Wildman–Crippen LogP) is 5.16. The Balaban J connectivity index is 1.88. The molecule has 1 aliphatic heterocycles. The standard InChI is InChI=1S/C24H17Cl2FN2O4/c1-33-19-7-5-15(10-18(19)27)22(30)20-21(14-4-6-16(25)17(26)9-14)29(24(32)23(20)31)12-13-3-2-8-28-11-13/h2-11,21,30H,12H2,1H3/t21-/m0/s1. The highest BCUT2D eigenvalue weighted by atomic mass is 35.5. The number of carbonyl (C=O) groups is 2. The SMILES string of the molecule is COc1ccc(C(O)=C2C(=O)C(=O)N(Cc3cccnc3)[C@H]2c2ccc(Cl)c(Cl)c2)cc1F. The number of ether oxygens (including phenoxy) is 1. The van der Waals surface area contributed by atoms with E-state index in [0.717, 1.165) is 6.07 Å². The maximum absolute atomic E-state index is 14.3. The lowest BCUT2D eigenvalue weighted by Crippen LogP contribution is -2.29. The number of nitrogens with zero attached hydrogens (tertiary/aromatic N) is 2. The number of hydrogen-bond acceptors (Lipinski definition) is 5. The number of aromatic nitrogens is 1. The zero-order chi connectivity index (χ0) is 23.7. The van der Waals surface area contributed by atoms with Crippen molar-refractivity contribution in [2.75, 3.05) is 7.11 Å². The van der Waals surface area contributed by atoms with Crippen molar-refractivity contribution in [3.63, 3.8) is 0 Å². The summed E-state index contributed by atoms with van der Waals surface area (Å²) in [5.41, 5.74) is 0.979. The molecule has 1 aromatic heterocycles. The third kappa shape index (κ3) is 4.29. The minimum absolute atomic E-state index is 0.0235. The van der Waals surface area contributed by atoms with Crippen LogP contribution >= 0.6 is 23.2 Å². The van der Waals surface area contributed by atoms with Gasteiger partial charge in [0.25, 0.3) is 11.7 Å². The number of benzene rings is 2. The first kappa shape index (κ1) is 22.8. The molecule has 33 heavy (non-hydrogen) atoms. The fourth-order valence-electron chi connectivity index (χ4n) is 3.73. The van der Waals surface area contributed by atoms with E-state index in [-0.39, 0.29) is 28.5 Å². The molecule has 1 fully saturated rings. The number of methoxy groups -OCH3 is 1. The van der Waals surface area contributed by atoms with E-state index in [2.05, 4.69) is 4.98 Å². The van der Waals surface area contributed by atoms with Crippen molar-refractivity contribution in [3.05, 3.63) is 99.1 Å². The lowest BCUT2D eigenvalue weighted by molar-refractivity contribution is -0.140. The second-order valence-corrected chi connectivity index (χ2v) is 8.13. The molecule has 168 valence electrons. The monoisotopic (exact) mass is 486 g/mol. The van der Waals surface area contributed by atoms with Crippen molar-refractivity contribution in [2.24, 2.45) is 0 Å². The number of rotatable bonds is 5. The van der Waals surface area contributed by atoms with Crippen molar-refractivity contribution in [2.45, 2.75) is 12.6 Å². The summed E-state index contributed by atoms with van der Waals surface area (Å²) in [6.07, 6.45) is 3.16. The molecule has 1 N–H and O–H groups in total. The minimum Gasteiger partial charge on any atom is -0.507 e. The number of halogens is 3. The number of aliphatic hydroxyl groups excluding tert-OH is 1. The molecule has 1 aliphatic rings. The normalized spacial score (nSPS) is 17.5. The molecule has 0 spiro atoms. The van der Waals surface area contributed by atoms with E-state index in [4.69, 9.17) is 27.9 Å². The van der Waals surface area contributed by atoms with Crippen LogP contribution < -0.4 is 4.74 Å². The van der Waals surface area contributed by atoms with Gasteiger partial charge in [0.05, 0.1) is 28.8 Å². The molecule has 4 rings (SSSR count). The number of Topliss-reactive ketones (excluding diaryl/α,β-unsaturated/α-hetero) is 1. The van der Waals surface area contributed by atoms with Crippen LogP contribution in [0.1, 0.15) is 22.7 Å². The van der Waals surface area contributed by atoms with Crippen molar-refractivity contribution in [3.8, 4) is 5.75 Å². The first-order valence-corrected chi connectivity index (χ1v) is 10.5. The topological polar surface area (TPSA) is 79.7 Å². The smallest absolute Gasteiger partial charge is 0.295 e. The molecule has 2 heterocycles. The predicted molar refractivity (Wildman–Crippen MR) is 121 cm³/mol. The summed E-state index contributed by atoms with van der Waals surface area (Å²) in [4.78, 5) is 31.4. The van der Waals surface area contributed by atoms with Crippen molar-refractivity contribution < 1.29 is 23.8 Å². The first-order valence-electron chi connectivity index (χ1n) is 9.78. The lowest BCUT2D eigenvalue weighted by Gasteiger charge is -2.25. The third-order valence-electron chi connectivity index (χ3n) is 5.30. The van der Waals surface area contributed by atoms with E-state index in [0.29, 0.717) is 16.1 Å². The molecular formula is C24H17Cl2FN2O4. The van der Waals surface area contributed by atoms with E-state index in [1.807, 2.05) is 0 Å². The van der Waals surface area contributed by atoms with Crippen molar-refractivity contribution in [1.29, 1.82) is 0 Å². The van der Waals surface area contributed by atoms with Crippen LogP contribution in [-0.2, 0) is 16.1 Å². The number of hydrogen-bond donors (Lipinski definition) is 1. The van der Waals surface area contributed by atoms with Crippen LogP contribution in [0.25, 0.3) is 5.76 Å². The van der Waals surface area contributed by atoms with E-state index >= 15 is 0 Å². The average Bonchev–Trinajstić information content (AvgIpc) is 3.06. The molecule has 0 radical (unpaired) electrons. The molecule has 0 bridgehead atoms. The first-order chi connectivity index (χ1) is 15.8. The molecule has 0 aliphatic carbocycles. The summed E-state index contributed by atoms with van der Waals surface area (Å²) in [6.45, 7) is 0.0527. The maximum atomic E-state index is 14.3. The van der Waals surface area contributed by atoms with Crippen LogP contribution in [-0.4, -0.2) is 33.8 Å². The van der Waals surface area contributed by atoms with Gasteiger partial charge in [-0.3, -0.25) is 14.6 Å². The second kappa shape index (κ2) is 9.21. The molecule has 6 nitrogen and oxygen atoms in total. The van der Waals surface area contributed by atoms with Crippen molar-refractivity contribution >= 4 is 40.7 Å². The highest BCUT2D eigenvalue weighted by Gasteiger charge is 2.46. The van der Waals surface area contributed by atoms with Crippen LogP contribution in [0.15, 0.2) is 66.5 Å². The Bertz CT molecular complexity index is 1280. The highest BCUT2D eigenvalue weighted by molar-refractivity contribution is 6.46. The summed E-state index contributed by atoms with van der Waals surface area (Å²) in [6, 6.07) is 10.9. The van der Waals surface area contributed by atoms with Crippen LogP contribution in [0.4, 0.5) is 4.39 Å². The fraction of sp³-hybridized carbons (Fsp3) is 0.125. The molecular weight excluding hydrogens is 470 g/mol. The van der Waals surface area contributed by atoms with Crippen molar-refractivity contribution in [1.82, 2.24) is 9.88 Å². The zero-order valence-electron chi connectivity index (χ0n) is 17.3. The number of likely N-dealkylation sites (tertiary alicyclic amines) is 1. The van der Waals surface area contributed by atoms with Gasteiger partial charge in [0.15, 0.2) is 11.6 Å². The van der Waals surface area contributed by atoms with Gasteiger partial charge in [-0.2, -0.15) is 0 Å². The Morgan fingerprint density at radius 2 is 1.94 bits per heavy atom. The number of pyridine rings is 1. The summed E-state index contributed by atoms with van der Waals surface area (Å²) >= 11 is 12.2. The van der Waals surface area contributed by atoms with E-state index in [1.165, 1.54) is 36.3 Å². The molecule has 9 heteroatoms. The molecule has 0 unspecified atom stereocenters. The highest BCUT2D eigenvalue weighted by Crippen LogP contribution is 2.42. The van der Waals surface area contributed by atoms with Gasteiger partial charge in [-0.15, -0.1) is 0 Å². The summed E-state index contributed by atoms with van der Waals surface area (Å²) in [5.74, 6) is -2.98. The zero-order valence-corrected chi connectivity index (χ0v) is 18.8. The minimum atomic E-state index is -0.981. The van der Waals surface area contributed by atoms with Gasteiger partial charge in [0.1, 0.15) is 5.76 Å². The average molecular weight is 487 g/mol. The largest absolute Gasteiger partial charge is 0.507 e. The Morgan fingerprint density at radius 1 is 1.15 bits per heavy atom. The summed E-state index contributed by atoms with van der Waals surface area (Å²) in [5, 5.41) is 11.5. The third-order valence-corrected chi connectivity index (χ3v) is 6.04. The number of carbonyl (C=O) groups excluding carboxylic acids is 2. The number of amides is 1. The Labute approximate surface area is 198 Å². The molecule has 3 aromatic rings. The quantitative estimate of drug-likeness (QED) is 0.306. The molecule has 1 amide bonds.